The lowest BCUT2D eigenvalue weighted by Gasteiger charge is -2.39. The maximum Gasteiger partial charge on any atom is 0.0786 e. The molecule has 0 unspecified atom stereocenters. The second-order valence-electron chi connectivity index (χ2n) is 13.4. The van der Waals surface area contributed by atoms with Crippen LogP contribution in [0.1, 0.15) is 220 Å². The zero-order valence-corrected chi connectivity index (χ0v) is 28.5. The molecule has 0 amide bonds. The van der Waals surface area contributed by atoms with Crippen molar-refractivity contribution >= 4 is 0 Å². The van der Waals surface area contributed by atoms with Gasteiger partial charge in [-0.25, -0.2) is 0 Å². The number of rotatable bonds is 34. The van der Waals surface area contributed by atoms with Crippen LogP contribution in [0.5, 0.6) is 0 Å². The van der Waals surface area contributed by atoms with Crippen molar-refractivity contribution in [3.63, 3.8) is 0 Å². The Bertz CT molecular complexity index is 409. The van der Waals surface area contributed by atoms with Gasteiger partial charge in [-0.3, -0.25) is 0 Å². The van der Waals surface area contributed by atoms with Crippen LogP contribution < -0.4 is 0 Å². The Hall–Kier alpha value is -0.0400. The summed E-state index contributed by atoms with van der Waals surface area (Å²) in [5.41, 5.74) is 0. The summed E-state index contributed by atoms with van der Waals surface area (Å²) in [5.74, 6) is 0. The maximum atomic E-state index is 2.37. The van der Waals surface area contributed by atoms with Gasteiger partial charge in [0.05, 0.1) is 26.2 Å². The Morgan fingerprint density at radius 2 is 0.385 bits per heavy atom. The minimum Gasteiger partial charge on any atom is -0.324 e. The van der Waals surface area contributed by atoms with Gasteiger partial charge in [0.15, 0.2) is 0 Å². The Balaban J connectivity index is 3.48. The van der Waals surface area contributed by atoms with Crippen LogP contribution >= 0.6 is 0 Å². The SMILES string of the molecule is CCCCCCCCCCCCCCCCCCCCCCCCCC[N+](CCCC)(CCCC)CCCC. The quantitative estimate of drug-likeness (QED) is 0.0552. The zero-order chi connectivity index (χ0) is 28.5. The van der Waals surface area contributed by atoms with E-state index in [9.17, 15) is 0 Å². The fraction of sp³-hybridized carbons (Fsp3) is 1.00. The van der Waals surface area contributed by atoms with Crippen molar-refractivity contribution in [2.24, 2.45) is 0 Å². The molecule has 0 spiro atoms. The molecular formula is C38H80N+. The molecule has 0 N–H and O–H groups in total. The summed E-state index contributed by atoms with van der Waals surface area (Å²) in [4.78, 5) is 0. The van der Waals surface area contributed by atoms with Crippen molar-refractivity contribution in [2.75, 3.05) is 26.2 Å². The molecule has 0 aromatic carbocycles. The van der Waals surface area contributed by atoms with E-state index in [4.69, 9.17) is 0 Å². The zero-order valence-electron chi connectivity index (χ0n) is 28.5. The molecule has 1 nitrogen and oxygen atoms in total. The molecule has 0 heterocycles. The molecule has 0 aromatic rings. The van der Waals surface area contributed by atoms with Crippen LogP contribution in [-0.2, 0) is 0 Å². The third-order valence-corrected chi connectivity index (χ3v) is 9.44. The Morgan fingerprint density at radius 1 is 0.205 bits per heavy atom. The van der Waals surface area contributed by atoms with Crippen molar-refractivity contribution < 1.29 is 4.48 Å². The van der Waals surface area contributed by atoms with Crippen LogP contribution in [0, 0.1) is 0 Å². The molecule has 1 heteroatoms. The van der Waals surface area contributed by atoms with Gasteiger partial charge in [-0.05, 0) is 32.1 Å². The van der Waals surface area contributed by atoms with Gasteiger partial charge in [0.2, 0.25) is 0 Å². The standard InChI is InChI=1S/C38H80N/c1-5-9-13-14-15-16-17-18-19-20-21-22-23-24-25-26-27-28-29-30-31-32-33-34-38-39(35-10-6-2,36-11-7-3)37-12-8-4/h5-38H2,1-4H3/q+1. The summed E-state index contributed by atoms with van der Waals surface area (Å²) in [5, 5.41) is 0. The van der Waals surface area contributed by atoms with Crippen LogP contribution in [-0.4, -0.2) is 30.7 Å². The highest BCUT2D eigenvalue weighted by Crippen LogP contribution is 2.19. The summed E-state index contributed by atoms with van der Waals surface area (Å²) >= 11 is 0. The minimum atomic E-state index is 1.36. The van der Waals surface area contributed by atoms with Crippen molar-refractivity contribution in [1.82, 2.24) is 0 Å². The average Bonchev–Trinajstić information content (AvgIpc) is 2.95. The molecule has 0 aliphatic heterocycles. The van der Waals surface area contributed by atoms with Gasteiger partial charge in [0.1, 0.15) is 0 Å². The molecule has 0 saturated carbocycles. The number of hydrogen-bond acceptors (Lipinski definition) is 0. The van der Waals surface area contributed by atoms with Crippen molar-refractivity contribution in [1.29, 1.82) is 0 Å². The van der Waals surface area contributed by atoms with Crippen LogP contribution in [0.25, 0.3) is 0 Å². The lowest BCUT2D eigenvalue weighted by Crippen LogP contribution is -2.50. The number of unbranched alkanes of at least 4 members (excludes halogenated alkanes) is 26. The van der Waals surface area contributed by atoms with E-state index < -0.39 is 0 Å². The van der Waals surface area contributed by atoms with Crippen molar-refractivity contribution in [3.8, 4) is 0 Å². The number of hydrogen-bond donors (Lipinski definition) is 0. The highest BCUT2D eigenvalue weighted by atomic mass is 15.3. The second kappa shape index (κ2) is 32.5. The molecule has 0 aromatic heterocycles. The smallest absolute Gasteiger partial charge is 0.0786 e. The average molecular weight is 551 g/mol. The molecule has 0 saturated heterocycles. The third-order valence-electron chi connectivity index (χ3n) is 9.44. The van der Waals surface area contributed by atoms with E-state index in [1.807, 2.05) is 0 Å². The normalized spacial score (nSPS) is 12.0. The first-order chi connectivity index (χ1) is 19.2. The van der Waals surface area contributed by atoms with Gasteiger partial charge in [0, 0.05) is 0 Å². The molecule has 0 atom stereocenters. The van der Waals surface area contributed by atoms with Crippen LogP contribution in [0.2, 0.25) is 0 Å². The van der Waals surface area contributed by atoms with Gasteiger partial charge in [-0.1, -0.05) is 188 Å². The van der Waals surface area contributed by atoms with Gasteiger partial charge in [0.25, 0.3) is 0 Å². The lowest BCUT2D eigenvalue weighted by molar-refractivity contribution is -0.929. The molecule has 0 bridgehead atoms. The third kappa shape index (κ3) is 27.9. The second-order valence-corrected chi connectivity index (χ2v) is 13.4. The van der Waals surface area contributed by atoms with Crippen molar-refractivity contribution in [2.45, 2.75) is 220 Å². The van der Waals surface area contributed by atoms with Crippen molar-refractivity contribution in [3.05, 3.63) is 0 Å². The van der Waals surface area contributed by atoms with E-state index in [1.54, 1.807) is 0 Å². The Morgan fingerprint density at radius 3 is 0.615 bits per heavy atom. The van der Waals surface area contributed by atoms with E-state index >= 15 is 0 Å². The van der Waals surface area contributed by atoms with Gasteiger partial charge in [-0.2, -0.15) is 0 Å². The fourth-order valence-electron chi connectivity index (χ4n) is 6.56. The highest BCUT2D eigenvalue weighted by molar-refractivity contribution is 4.53. The maximum absolute atomic E-state index is 2.37. The molecule has 0 rings (SSSR count). The Labute approximate surface area is 250 Å². The number of quaternary nitrogens is 1. The van der Waals surface area contributed by atoms with Crippen LogP contribution in [0.3, 0.4) is 0 Å². The summed E-state index contributed by atoms with van der Waals surface area (Å²) in [6.07, 6.45) is 43.9. The highest BCUT2D eigenvalue weighted by Gasteiger charge is 2.25. The minimum absolute atomic E-state index is 1.36. The van der Waals surface area contributed by atoms with E-state index in [0.717, 1.165) is 0 Å². The predicted octanol–water partition coefficient (Wildman–Crippen LogP) is 13.6. The predicted molar refractivity (Wildman–Crippen MR) is 181 cm³/mol. The molecule has 0 radical (unpaired) electrons. The van der Waals surface area contributed by atoms with Crippen LogP contribution in [0.4, 0.5) is 0 Å². The molecule has 0 aliphatic carbocycles. The monoisotopic (exact) mass is 551 g/mol. The molecule has 0 aliphatic rings. The first kappa shape index (κ1) is 39.0. The molecule has 236 valence electrons. The van der Waals surface area contributed by atoms with E-state index in [0.29, 0.717) is 0 Å². The fourth-order valence-corrected chi connectivity index (χ4v) is 6.56. The van der Waals surface area contributed by atoms with Gasteiger partial charge in [-0.15, -0.1) is 0 Å². The molecular weight excluding hydrogens is 470 g/mol. The summed E-state index contributed by atoms with van der Waals surface area (Å²) in [6.45, 7) is 15.2. The lowest BCUT2D eigenvalue weighted by atomic mass is 10.0. The summed E-state index contributed by atoms with van der Waals surface area (Å²) in [7, 11) is 0. The Kier molecular flexibility index (Phi) is 32.4. The summed E-state index contributed by atoms with van der Waals surface area (Å²) < 4.78 is 1.44. The van der Waals surface area contributed by atoms with E-state index in [-0.39, 0.29) is 0 Å². The number of nitrogens with zero attached hydrogens (tertiary/aromatic N) is 1. The molecule has 0 fully saturated rings. The first-order valence-electron chi connectivity index (χ1n) is 19.1. The topological polar surface area (TPSA) is 0 Å². The summed E-state index contributed by atoms with van der Waals surface area (Å²) in [6, 6.07) is 0. The molecule has 39 heavy (non-hydrogen) atoms. The largest absolute Gasteiger partial charge is 0.324 e. The van der Waals surface area contributed by atoms with Gasteiger partial charge >= 0.3 is 0 Å². The van der Waals surface area contributed by atoms with E-state index in [2.05, 4.69) is 27.7 Å². The van der Waals surface area contributed by atoms with Crippen LogP contribution in [0.15, 0.2) is 0 Å². The van der Waals surface area contributed by atoms with Gasteiger partial charge < -0.3 is 4.48 Å². The van der Waals surface area contributed by atoms with E-state index in [1.165, 1.54) is 223 Å². The first-order valence-corrected chi connectivity index (χ1v) is 19.1.